The third kappa shape index (κ3) is 45.9. The largest absolute Gasteiger partial charge is 0.465 e. The second kappa shape index (κ2) is 51.2. The Bertz CT molecular complexity index is 1120. The number of carbonyl (C=O) groups is 3. The van der Waals surface area contributed by atoms with Gasteiger partial charge >= 0.3 is 17.9 Å². The van der Waals surface area contributed by atoms with E-state index >= 15 is 0 Å². The van der Waals surface area contributed by atoms with Gasteiger partial charge in [0, 0.05) is 19.3 Å². The molecule has 0 radical (unpaired) electrons. The van der Waals surface area contributed by atoms with Gasteiger partial charge in [-0.05, 0) is 116 Å². The van der Waals surface area contributed by atoms with Crippen molar-refractivity contribution in [1.29, 1.82) is 0 Å². The first-order chi connectivity index (χ1) is 32.4. The molecule has 380 valence electrons. The predicted octanol–water partition coefficient (Wildman–Crippen LogP) is 17.0. The molecule has 0 unspecified atom stereocenters. The van der Waals surface area contributed by atoms with E-state index in [0.717, 1.165) is 135 Å². The molecule has 0 heterocycles. The van der Waals surface area contributed by atoms with Gasteiger partial charge in [0.15, 0.2) is 0 Å². The molecule has 66 heavy (non-hydrogen) atoms. The third-order valence-corrected chi connectivity index (χ3v) is 11.9. The normalized spacial score (nSPS) is 12.4. The summed E-state index contributed by atoms with van der Waals surface area (Å²) in [5.41, 5.74) is -1.21. The van der Waals surface area contributed by atoms with E-state index in [4.69, 9.17) is 14.2 Å². The molecule has 0 aromatic carbocycles. The lowest BCUT2D eigenvalue weighted by molar-refractivity contribution is -0.165. The van der Waals surface area contributed by atoms with Crippen molar-refractivity contribution in [3.8, 4) is 0 Å². The minimum Gasteiger partial charge on any atom is -0.465 e. The van der Waals surface area contributed by atoms with Crippen LogP contribution in [0.15, 0.2) is 72.9 Å². The molecular weight excluding hydrogens is 821 g/mol. The van der Waals surface area contributed by atoms with E-state index in [0.29, 0.717) is 0 Å². The average Bonchev–Trinajstić information content (AvgIpc) is 3.32. The maximum Gasteiger partial charge on any atom is 0.305 e. The molecule has 0 aliphatic heterocycles. The molecule has 7 heteroatoms. The molecule has 0 aromatic rings. The SMILES string of the molecule is CCCCCC=CCC=CCCCCCCCC(=O)OCC(CO)(COC(=O)CCCCCCC/C=C\C/C=C\CCCCC)COC(=O)CCCCCCC/C=C\C/C=C\CCCCC. The van der Waals surface area contributed by atoms with E-state index in [1.54, 1.807) is 0 Å². The standard InChI is InChI=1S/C59H102O7/c1-4-7-10-13-16-19-22-25-28-31-34-37-40-43-46-49-56(61)64-53-59(52-60,54-65-57(62)50-47-44-41-38-35-32-29-26-23-20-17-14-11-8-5-2)55-66-58(63)51-48-45-42-39-36-33-30-27-24-21-18-15-12-9-6-3/h16-21,25-30,60H,4-15,22-24,31-55H2,1-3H3/b19-16-,20-17-,21-18?,28-25-,29-26-,30-27?. The number of ether oxygens (including phenoxy) is 3. The zero-order valence-corrected chi connectivity index (χ0v) is 43.1. The van der Waals surface area contributed by atoms with Gasteiger partial charge in [-0.15, -0.1) is 0 Å². The van der Waals surface area contributed by atoms with Crippen LogP contribution in [0.2, 0.25) is 0 Å². The summed E-state index contributed by atoms with van der Waals surface area (Å²) in [6, 6.07) is 0. The van der Waals surface area contributed by atoms with Crippen molar-refractivity contribution in [2.45, 2.75) is 252 Å². The summed E-state index contributed by atoms with van der Waals surface area (Å²) >= 11 is 0. The third-order valence-electron chi connectivity index (χ3n) is 11.9. The molecule has 0 aromatic heterocycles. The van der Waals surface area contributed by atoms with Crippen LogP contribution in [0.25, 0.3) is 0 Å². The van der Waals surface area contributed by atoms with Crippen molar-refractivity contribution in [2.24, 2.45) is 5.41 Å². The maximum atomic E-state index is 12.8. The van der Waals surface area contributed by atoms with Gasteiger partial charge < -0.3 is 19.3 Å². The highest BCUT2D eigenvalue weighted by atomic mass is 16.6. The second-order valence-electron chi connectivity index (χ2n) is 18.6. The lowest BCUT2D eigenvalue weighted by atomic mass is 9.92. The smallest absolute Gasteiger partial charge is 0.305 e. The Hall–Kier alpha value is -3.19. The van der Waals surface area contributed by atoms with E-state index in [9.17, 15) is 19.5 Å². The minimum atomic E-state index is -1.21. The van der Waals surface area contributed by atoms with Gasteiger partial charge in [0.1, 0.15) is 19.8 Å². The number of hydrogen-bond acceptors (Lipinski definition) is 7. The van der Waals surface area contributed by atoms with Crippen LogP contribution < -0.4 is 0 Å². The van der Waals surface area contributed by atoms with Crippen LogP contribution in [0.5, 0.6) is 0 Å². The van der Waals surface area contributed by atoms with Gasteiger partial charge in [-0.2, -0.15) is 0 Å². The van der Waals surface area contributed by atoms with Crippen LogP contribution in [-0.2, 0) is 28.6 Å². The van der Waals surface area contributed by atoms with Crippen molar-refractivity contribution in [3.63, 3.8) is 0 Å². The van der Waals surface area contributed by atoms with Crippen LogP contribution in [0, 0.1) is 5.41 Å². The summed E-state index contributed by atoms with van der Waals surface area (Å²) in [6.07, 6.45) is 64.4. The quantitative estimate of drug-likeness (QED) is 0.0281. The number of unbranched alkanes of at least 4 members (excludes halogenated alkanes) is 24. The first-order valence-electron chi connectivity index (χ1n) is 27.4. The van der Waals surface area contributed by atoms with Gasteiger partial charge in [0.2, 0.25) is 0 Å². The second-order valence-corrected chi connectivity index (χ2v) is 18.6. The van der Waals surface area contributed by atoms with Gasteiger partial charge in [0.25, 0.3) is 0 Å². The molecule has 0 bridgehead atoms. The number of hydrogen-bond donors (Lipinski definition) is 1. The summed E-state index contributed by atoms with van der Waals surface area (Å²) in [4.78, 5) is 38.4. The zero-order chi connectivity index (χ0) is 48.1. The molecule has 0 spiro atoms. The molecule has 0 rings (SSSR count). The fourth-order valence-electron chi connectivity index (χ4n) is 7.42. The van der Waals surface area contributed by atoms with Crippen molar-refractivity contribution in [2.75, 3.05) is 26.4 Å². The molecule has 1 N–H and O–H groups in total. The van der Waals surface area contributed by atoms with Gasteiger partial charge in [-0.1, -0.05) is 190 Å². The number of rotatable bonds is 49. The zero-order valence-electron chi connectivity index (χ0n) is 43.1. The Balaban J connectivity index is 4.69. The number of aliphatic hydroxyl groups excluding tert-OH is 1. The van der Waals surface area contributed by atoms with E-state index in [1.807, 2.05) is 0 Å². The molecule has 0 aliphatic rings. The molecule has 7 nitrogen and oxygen atoms in total. The van der Waals surface area contributed by atoms with Gasteiger partial charge in [-0.25, -0.2) is 0 Å². The number of esters is 3. The monoisotopic (exact) mass is 923 g/mol. The fourth-order valence-corrected chi connectivity index (χ4v) is 7.42. The van der Waals surface area contributed by atoms with E-state index in [1.165, 1.54) is 77.0 Å². The lowest BCUT2D eigenvalue weighted by Crippen LogP contribution is -2.42. The van der Waals surface area contributed by atoms with Gasteiger partial charge in [0.05, 0.1) is 12.0 Å². The Morgan fingerprint density at radius 2 is 0.561 bits per heavy atom. The Morgan fingerprint density at radius 1 is 0.333 bits per heavy atom. The lowest BCUT2D eigenvalue weighted by Gasteiger charge is -2.30. The average molecular weight is 923 g/mol. The topological polar surface area (TPSA) is 99.1 Å². The van der Waals surface area contributed by atoms with Gasteiger partial charge in [-0.3, -0.25) is 14.4 Å². The molecule has 0 saturated carbocycles. The van der Waals surface area contributed by atoms with Crippen molar-refractivity contribution in [1.82, 2.24) is 0 Å². The van der Waals surface area contributed by atoms with Crippen LogP contribution in [-0.4, -0.2) is 49.4 Å². The summed E-state index contributed by atoms with van der Waals surface area (Å²) in [6.45, 7) is 5.70. The maximum absolute atomic E-state index is 12.8. The highest BCUT2D eigenvalue weighted by molar-refractivity contribution is 5.70. The predicted molar refractivity (Wildman–Crippen MR) is 280 cm³/mol. The van der Waals surface area contributed by atoms with Crippen LogP contribution in [0.3, 0.4) is 0 Å². The van der Waals surface area contributed by atoms with Crippen LogP contribution >= 0.6 is 0 Å². The fraction of sp³-hybridized carbons (Fsp3) is 0.746. The van der Waals surface area contributed by atoms with Crippen molar-refractivity contribution in [3.05, 3.63) is 72.9 Å². The summed E-state index contributed by atoms with van der Waals surface area (Å²) in [5, 5.41) is 10.6. The summed E-state index contributed by atoms with van der Waals surface area (Å²) in [7, 11) is 0. The Labute approximate surface area is 406 Å². The highest BCUT2D eigenvalue weighted by Crippen LogP contribution is 2.22. The van der Waals surface area contributed by atoms with Crippen molar-refractivity contribution < 1.29 is 33.7 Å². The van der Waals surface area contributed by atoms with E-state index in [2.05, 4.69) is 93.7 Å². The van der Waals surface area contributed by atoms with E-state index in [-0.39, 0.29) is 57.0 Å². The number of allylic oxidation sites excluding steroid dienone is 12. The van der Waals surface area contributed by atoms with Crippen molar-refractivity contribution >= 4 is 17.9 Å². The summed E-state index contributed by atoms with van der Waals surface area (Å²) in [5.74, 6) is -1.07. The van der Waals surface area contributed by atoms with Crippen LogP contribution in [0.4, 0.5) is 0 Å². The molecule has 0 amide bonds. The molecule has 0 saturated heterocycles. The van der Waals surface area contributed by atoms with E-state index < -0.39 is 12.0 Å². The minimum absolute atomic E-state index is 0.184. The molecular formula is C59H102O7. The highest BCUT2D eigenvalue weighted by Gasteiger charge is 2.35. The molecule has 0 fully saturated rings. The Morgan fingerprint density at radius 3 is 0.803 bits per heavy atom. The molecule has 0 aliphatic carbocycles. The summed E-state index contributed by atoms with van der Waals surface area (Å²) < 4.78 is 17.0. The number of carbonyl (C=O) groups excluding carboxylic acids is 3. The first-order valence-corrected chi connectivity index (χ1v) is 27.4. The first kappa shape index (κ1) is 62.8. The van der Waals surface area contributed by atoms with Crippen LogP contribution in [0.1, 0.15) is 252 Å². The number of aliphatic hydroxyl groups is 1. The Kier molecular flexibility index (Phi) is 48.7. The molecule has 0 atom stereocenters.